The standard InChI is InChI=1S/C12H16BrNO2/c1-2-11-10(5-7-16-11)12(15)14-6-3-4-9(14)8-13/h5,7,9H,2-4,6,8H2,1H3. The molecule has 1 atom stereocenters. The summed E-state index contributed by atoms with van der Waals surface area (Å²) in [6.45, 7) is 2.87. The summed E-state index contributed by atoms with van der Waals surface area (Å²) in [5, 5.41) is 0.859. The minimum Gasteiger partial charge on any atom is -0.469 e. The van der Waals surface area contributed by atoms with Crippen molar-refractivity contribution in [3.05, 3.63) is 23.7 Å². The molecule has 16 heavy (non-hydrogen) atoms. The van der Waals surface area contributed by atoms with Crippen LogP contribution in [0.2, 0.25) is 0 Å². The minimum atomic E-state index is 0.118. The van der Waals surface area contributed by atoms with Crippen molar-refractivity contribution in [2.45, 2.75) is 32.2 Å². The number of halogens is 1. The van der Waals surface area contributed by atoms with Gasteiger partial charge in [-0.05, 0) is 18.9 Å². The lowest BCUT2D eigenvalue weighted by Gasteiger charge is -2.22. The second-order valence-corrected chi connectivity index (χ2v) is 4.71. The number of hydrogen-bond donors (Lipinski definition) is 0. The maximum Gasteiger partial charge on any atom is 0.257 e. The van der Waals surface area contributed by atoms with Crippen LogP contribution in [0.5, 0.6) is 0 Å². The number of carbonyl (C=O) groups excluding carboxylic acids is 1. The minimum absolute atomic E-state index is 0.118. The zero-order chi connectivity index (χ0) is 11.5. The van der Waals surface area contributed by atoms with Gasteiger partial charge in [0.05, 0.1) is 11.8 Å². The van der Waals surface area contributed by atoms with Gasteiger partial charge >= 0.3 is 0 Å². The molecule has 3 nitrogen and oxygen atoms in total. The monoisotopic (exact) mass is 285 g/mol. The normalized spacial score (nSPS) is 20.4. The number of aryl methyl sites for hydroxylation is 1. The molecular weight excluding hydrogens is 270 g/mol. The topological polar surface area (TPSA) is 33.5 Å². The molecule has 0 N–H and O–H groups in total. The molecule has 2 heterocycles. The van der Waals surface area contributed by atoms with Crippen molar-refractivity contribution in [1.82, 2.24) is 4.90 Å². The van der Waals surface area contributed by atoms with E-state index < -0.39 is 0 Å². The Labute approximate surface area is 104 Å². The third-order valence-electron chi connectivity index (χ3n) is 3.11. The predicted molar refractivity (Wildman–Crippen MR) is 65.9 cm³/mol. The Morgan fingerprint density at radius 2 is 2.50 bits per heavy atom. The predicted octanol–water partition coefficient (Wildman–Crippen LogP) is 2.84. The Kier molecular flexibility index (Phi) is 3.69. The van der Waals surface area contributed by atoms with Gasteiger partial charge in [-0.15, -0.1) is 0 Å². The number of amides is 1. The smallest absolute Gasteiger partial charge is 0.257 e. The summed E-state index contributed by atoms with van der Waals surface area (Å²) in [6.07, 6.45) is 4.56. The van der Waals surface area contributed by atoms with Crippen LogP contribution in [-0.2, 0) is 6.42 Å². The van der Waals surface area contributed by atoms with Crippen molar-refractivity contribution in [1.29, 1.82) is 0 Å². The Balaban J connectivity index is 2.18. The average molecular weight is 286 g/mol. The summed E-state index contributed by atoms with van der Waals surface area (Å²) < 4.78 is 5.30. The van der Waals surface area contributed by atoms with Crippen molar-refractivity contribution in [3.63, 3.8) is 0 Å². The first-order valence-corrected chi connectivity index (χ1v) is 6.83. The Hall–Kier alpha value is -0.770. The molecule has 0 aliphatic carbocycles. The first-order chi connectivity index (χ1) is 7.77. The highest BCUT2D eigenvalue weighted by atomic mass is 79.9. The van der Waals surface area contributed by atoms with E-state index in [-0.39, 0.29) is 5.91 Å². The van der Waals surface area contributed by atoms with Crippen LogP contribution in [-0.4, -0.2) is 28.7 Å². The molecule has 0 saturated carbocycles. The van der Waals surface area contributed by atoms with Gasteiger partial charge in [-0.2, -0.15) is 0 Å². The van der Waals surface area contributed by atoms with E-state index in [1.54, 1.807) is 12.3 Å². The third-order valence-corrected chi connectivity index (χ3v) is 3.86. The maximum atomic E-state index is 12.3. The van der Waals surface area contributed by atoms with Crippen molar-refractivity contribution in [2.75, 3.05) is 11.9 Å². The SMILES string of the molecule is CCc1occc1C(=O)N1CCCC1CBr. The van der Waals surface area contributed by atoms with E-state index in [1.807, 2.05) is 11.8 Å². The molecule has 0 bridgehead atoms. The van der Waals surface area contributed by atoms with Crippen molar-refractivity contribution in [2.24, 2.45) is 0 Å². The number of carbonyl (C=O) groups is 1. The second-order valence-electron chi connectivity index (χ2n) is 4.06. The van der Waals surface area contributed by atoms with Crippen molar-refractivity contribution in [3.8, 4) is 0 Å². The van der Waals surface area contributed by atoms with Crippen LogP contribution < -0.4 is 0 Å². The third kappa shape index (κ3) is 2.03. The number of alkyl halides is 1. The fraction of sp³-hybridized carbons (Fsp3) is 0.583. The summed E-state index contributed by atoms with van der Waals surface area (Å²) in [7, 11) is 0. The average Bonchev–Trinajstić information content (AvgIpc) is 2.96. The molecule has 1 aliphatic heterocycles. The van der Waals surface area contributed by atoms with Gasteiger partial charge in [-0.1, -0.05) is 22.9 Å². The summed E-state index contributed by atoms with van der Waals surface area (Å²) in [5.41, 5.74) is 0.732. The molecule has 1 aromatic heterocycles. The maximum absolute atomic E-state index is 12.3. The van der Waals surface area contributed by atoms with Crippen LogP contribution in [0.15, 0.2) is 16.7 Å². The van der Waals surface area contributed by atoms with Gasteiger partial charge in [-0.25, -0.2) is 0 Å². The molecule has 1 aliphatic rings. The van der Waals surface area contributed by atoms with Crippen molar-refractivity contribution < 1.29 is 9.21 Å². The molecule has 1 amide bonds. The van der Waals surface area contributed by atoms with E-state index in [9.17, 15) is 4.79 Å². The molecule has 1 unspecified atom stereocenters. The van der Waals surface area contributed by atoms with Gasteiger partial charge in [0.2, 0.25) is 0 Å². The number of hydrogen-bond acceptors (Lipinski definition) is 2. The summed E-state index contributed by atoms with van der Waals surface area (Å²) in [4.78, 5) is 14.3. The number of rotatable bonds is 3. The number of nitrogens with zero attached hydrogens (tertiary/aromatic N) is 1. The van der Waals surface area contributed by atoms with Crippen LogP contribution in [0, 0.1) is 0 Å². The number of likely N-dealkylation sites (tertiary alicyclic amines) is 1. The van der Waals surface area contributed by atoms with Crippen LogP contribution in [0.1, 0.15) is 35.9 Å². The summed E-state index contributed by atoms with van der Waals surface area (Å²) in [6, 6.07) is 2.12. The fourth-order valence-corrected chi connectivity index (χ4v) is 2.90. The molecular formula is C12H16BrNO2. The van der Waals surface area contributed by atoms with E-state index >= 15 is 0 Å². The summed E-state index contributed by atoms with van der Waals surface area (Å²) in [5.74, 6) is 0.915. The second kappa shape index (κ2) is 5.04. The van der Waals surface area contributed by atoms with Gasteiger partial charge in [0.25, 0.3) is 5.91 Å². The fourth-order valence-electron chi connectivity index (χ4n) is 2.22. The Bertz CT molecular complexity index is 375. The molecule has 1 saturated heterocycles. The molecule has 0 aromatic carbocycles. The first kappa shape index (κ1) is 11.7. The highest BCUT2D eigenvalue weighted by Gasteiger charge is 2.30. The van der Waals surface area contributed by atoms with E-state index in [2.05, 4.69) is 15.9 Å². The van der Waals surface area contributed by atoms with Gasteiger partial charge in [0.15, 0.2) is 0 Å². The lowest BCUT2D eigenvalue weighted by atomic mass is 10.1. The van der Waals surface area contributed by atoms with Gasteiger partial charge in [-0.3, -0.25) is 4.79 Å². The molecule has 0 spiro atoms. The Morgan fingerprint density at radius 1 is 1.69 bits per heavy atom. The van der Waals surface area contributed by atoms with E-state index in [4.69, 9.17) is 4.42 Å². The molecule has 1 aromatic rings. The first-order valence-electron chi connectivity index (χ1n) is 5.71. The highest BCUT2D eigenvalue weighted by molar-refractivity contribution is 9.09. The molecule has 4 heteroatoms. The lowest BCUT2D eigenvalue weighted by molar-refractivity contribution is 0.0748. The van der Waals surface area contributed by atoms with E-state index in [0.29, 0.717) is 6.04 Å². The number of furan rings is 1. The van der Waals surface area contributed by atoms with Crippen molar-refractivity contribution >= 4 is 21.8 Å². The van der Waals surface area contributed by atoms with Crippen LogP contribution in [0.3, 0.4) is 0 Å². The van der Waals surface area contributed by atoms with Gasteiger partial charge in [0, 0.05) is 24.3 Å². The van der Waals surface area contributed by atoms with Gasteiger partial charge in [0.1, 0.15) is 5.76 Å². The largest absolute Gasteiger partial charge is 0.469 e. The van der Waals surface area contributed by atoms with Crippen LogP contribution in [0.25, 0.3) is 0 Å². The zero-order valence-electron chi connectivity index (χ0n) is 9.41. The molecule has 1 fully saturated rings. The van der Waals surface area contributed by atoms with Crippen LogP contribution in [0.4, 0.5) is 0 Å². The lowest BCUT2D eigenvalue weighted by Crippen LogP contribution is -2.36. The van der Waals surface area contributed by atoms with Crippen LogP contribution >= 0.6 is 15.9 Å². The van der Waals surface area contributed by atoms with E-state index in [0.717, 1.165) is 42.5 Å². The molecule has 88 valence electrons. The molecule has 0 radical (unpaired) electrons. The Morgan fingerprint density at radius 3 is 3.19 bits per heavy atom. The summed E-state index contributed by atoms with van der Waals surface area (Å²) >= 11 is 3.47. The quantitative estimate of drug-likeness (QED) is 0.801. The van der Waals surface area contributed by atoms with Gasteiger partial charge < -0.3 is 9.32 Å². The molecule has 2 rings (SSSR count). The zero-order valence-corrected chi connectivity index (χ0v) is 11.0. The highest BCUT2D eigenvalue weighted by Crippen LogP contribution is 2.23. The van der Waals surface area contributed by atoms with E-state index in [1.165, 1.54) is 0 Å².